The molecule has 0 aliphatic rings. The van der Waals surface area contributed by atoms with Crippen LogP contribution < -0.4 is 10.1 Å². The van der Waals surface area contributed by atoms with E-state index in [2.05, 4.69) is 10.1 Å². The standard InChI is InChI=1S/C18H17N3O4/c19-20-11-17(22)16(21-18(23)24)10-13-6-8-15(9-7-13)25-12-14-4-2-1-3-5-14/h1-9,11,16,21H,10,12H2,(H,23,24). The van der Waals surface area contributed by atoms with Crippen molar-refractivity contribution in [1.82, 2.24) is 5.32 Å². The zero-order valence-corrected chi connectivity index (χ0v) is 13.3. The Morgan fingerprint density at radius 1 is 1.12 bits per heavy atom. The van der Waals surface area contributed by atoms with E-state index in [1.807, 2.05) is 30.3 Å². The van der Waals surface area contributed by atoms with Crippen LogP contribution in [0.25, 0.3) is 5.53 Å². The van der Waals surface area contributed by atoms with Gasteiger partial charge in [-0.15, -0.1) is 0 Å². The molecule has 0 saturated carbocycles. The van der Waals surface area contributed by atoms with Crippen LogP contribution in [-0.4, -0.2) is 34.0 Å². The second-order valence-corrected chi connectivity index (χ2v) is 5.27. The van der Waals surface area contributed by atoms with Gasteiger partial charge in [0.2, 0.25) is 0 Å². The predicted octanol–water partition coefficient (Wildman–Crippen LogP) is 2.31. The Labute approximate surface area is 144 Å². The summed E-state index contributed by atoms with van der Waals surface area (Å²) in [4.78, 5) is 25.2. The first-order chi connectivity index (χ1) is 12.1. The minimum atomic E-state index is -1.33. The molecule has 2 aromatic carbocycles. The normalized spacial score (nSPS) is 11.0. The van der Waals surface area contributed by atoms with E-state index >= 15 is 0 Å². The van der Waals surface area contributed by atoms with Gasteiger partial charge in [0.05, 0.1) is 0 Å². The van der Waals surface area contributed by atoms with Crippen LogP contribution in [0.4, 0.5) is 4.79 Å². The monoisotopic (exact) mass is 339 g/mol. The van der Waals surface area contributed by atoms with Crippen molar-refractivity contribution < 1.29 is 24.2 Å². The molecular weight excluding hydrogens is 322 g/mol. The van der Waals surface area contributed by atoms with Crippen LogP contribution in [0.15, 0.2) is 54.6 Å². The Morgan fingerprint density at radius 2 is 1.80 bits per heavy atom. The molecule has 0 aromatic heterocycles. The van der Waals surface area contributed by atoms with Crippen LogP contribution in [0.1, 0.15) is 11.1 Å². The van der Waals surface area contributed by atoms with E-state index in [0.717, 1.165) is 11.1 Å². The number of benzene rings is 2. The quantitative estimate of drug-likeness (QED) is 0.436. The molecule has 7 heteroatoms. The number of ketones is 1. The van der Waals surface area contributed by atoms with Gasteiger partial charge in [-0.1, -0.05) is 42.5 Å². The zero-order valence-electron chi connectivity index (χ0n) is 13.3. The maximum atomic E-state index is 11.7. The topological polar surface area (TPSA) is 112 Å². The fourth-order valence-corrected chi connectivity index (χ4v) is 2.22. The van der Waals surface area contributed by atoms with Crippen LogP contribution in [0.2, 0.25) is 0 Å². The molecule has 2 aromatic rings. The highest BCUT2D eigenvalue weighted by atomic mass is 16.5. The number of carboxylic acid groups (broad SMARTS) is 1. The molecule has 2 N–H and O–H groups in total. The molecule has 7 nitrogen and oxygen atoms in total. The highest BCUT2D eigenvalue weighted by molar-refractivity contribution is 6.28. The molecule has 2 rings (SSSR count). The van der Waals surface area contributed by atoms with E-state index in [0.29, 0.717) is 18.6 Å². The third-order valence-corrected chi connectivity index (χ3v) is 3.44. The number of hydrogen-bond donors (Lipinski definition) is 2. The van der Waals surface area contributed by atoms with Gasteiger partial charge in [-0.25, -0.2) is 4.79 Å². The van der Waals surface area contributed by atoms with Crippen molar-refractivity contribution >= 4 is 18.1 Å². The van der Waals surface area contributed by atoms with Gasteiger partial charge in [-0.05, 0) is 23.3 Å². The van der Waals surface area contributed by atoms with E-state index in [-0.39, 0.29) is 6.42 Å². The van der Waals surface area contributed by atoms with Crippen LogP contribution in [0.5, 0.6) is 5.75 Å². The Morgan fingerprint density at radius 3 is 2.40 bits per heavy atom. The van der Waals surface area contributed by atoms with E-state index in [9.17, 15) is 9.59 Å². The third kappa shape index (κ3) is 5.93. The van der Waals surface area contributed by atoms with Gasteiger partial charge in [-0.2, -0.15) is 4.79 Å². The van der Waals surface area contributed by atoms with Crippen LogP contribution >= 0.6 is 0 Å². The third-order valence-electron chi connectivity index (χ3n) is 3.44. The molecule has 0 heterocycles. The number of hydrogen-bond acceptors (Lipinski definition) is 3. The SMILES string of the molecule is [N-]=[N+]=CC(=O)C(Cc1ccc(OCc2ccccc2)cc1)NC(=O)O. The van der Waals surface area contributed by atoms with Gasteiger partial charge >= 0.3 is 12.3 Å². The van der Waals surface area contributed by atoms with Crippen molar-refractivity contribution in [2.75, 3.05) is 0 Å². The van der Waals surface area contributed by atoms with E-state index in [4.69, 9.17) is 15.4 Å². The molecule has 0 bridgehead atoms. The van der Waals surface area contributed by atoms with Crippen molar-refractivity contribution in [3.05, 3.63) is 71.3 Å². The molecule has 0 spiro atoms. The van der Waals surface area contributed by atoms with Crippen LogP contribution in [0, 0.1) is 0 Å². The van der Waals surface area contributed by atoms with Gasteiger partial charge in [0.1, 0.15) is 18.4 Å². The summed E-state index contributed by atoms with van der Waals surface area (Å²) in [6, 6.07) is 15.7. The number of amides is 1. The lowest BCUT2D eigenvalue weighted by Crippen LogP contribution is -2.42. The van der Waals surface area contributed by atoms with Gasteiger partial charge in [0.25, 0.3) is 5.78 Å². The average Bonchev–Trinajstić information content (AvgIpc) is 2.61. The minimum Gasteiger partial charge on any atom is -0.489 e. The van der Waals surface area contributed by atoms with Gasteiger partial charge in [0, 0.05) is 6.42 Å². The van der Waals surface area contributed by atoms with Crippen molar-refractivity contribution in [1.29, 1.82) is 0 Å². The van der Waals surface area contributed by atoms with Gasteiger partial charge in [-0.3, -0.25) is 4.79 Å². The summed E-state index contributed by atoms with van der Waals surface area (Å²) in [5, 5.41) is 10.9. The second kappa shape index (κ2) is 9.00. The predicted molar refractivity (Wildman–Crippen MR) is 90.6 cm³/mol. The van der Waals surface area contributed by atoms with Crippen molar-refractivity contribution in [3.63, 3.8) is 0 Å². The summed E-state index contributed by atoms with van der Waals surface area (Å²) in [6.45, 7) is 0.439. The number of carbonyl (C=O) groups excluding carboxylic acids is 1. The Kier molecular flexibility index (Phi) is 6.45. The molecule has 1 unspecified atom stereocenters. The zero-order chi connectivity index (χ0) is 18.1. The first kappa shape index (κ1) is 17.9. The Bertz CT molecular complexity index is 769. The highest BCUT2D eigenvalue weighted by Gasteiger charge is 2.22. The average molecular weight is 339 g/mol. The summed E-state index contributed by atoms with van der Waals surface area (Å²) >= 11 is 0. The van der Waals surface area contributed by atoms with Crippen LogP contribution in [0.3, 0.4) is 0 Å². The number of nitrogens with zero attached hydrogens (tertiary/aromatic N) is 2. The van der Waals surface area contributed by atoms with Crippen molar-refractivity contribution in [2.24, 2.45) is 0 Å². The number of ether oxygens (including phenoxy) is 1. The fourth-order valence-electron chi connectivity index (χ4n) is 2.22. The highest BCUT2D eigenvalue weighted by Crippen LogP contribution is 2.15. The molecule has 0 aliphatic heterocycles. The lowest BCUT2D eigenvalue weighted by molar-refractivity contribution is -0.117. The number of carbonyl (C=O) groups is 2. The van der Waals surface area contributed by atoms with Crippen LogP contribution in [-0.2, 0) is 17.8 Å². The molecule has 0 fully saturated rings. The molecule has 0 radical (unpaired) electrons. The Hall–Kier alpha value is -3.44. The lowest BCUT2D eigenvalue weighted by atomic mass is 10.0. The molecule has 128 valence electrons. The fraction of sp³-hybridized carbons (Fsp3) is 0.167. The van der Waals surface area contributed by atoms with E-state index in [1.54, 1.807) is 24.3 Å². The molecular formula is C18H17N3O4. The van der Waals surface area contributed by atoms with Gasteiger partial charge in [0.15, 0.2) is 0 Å². The number of rotatable bonds is 8. The van der Waals surface area contributed by atoms with Crippen molar-refractivity contribution in [2.45, 2.75) is 19.1 Å². The summed E-state index contributed by atoms with van der Waals surface area (Å²) in [7, 11) is 0. The second-order valence-electron chi connectivity index (χ2n) is 5.27. The molecule has 25 heavy (non-hydrogen) atoms. The largest absolute Gasteiger partial charge is 0.489 e. The van der Waals surface area contributed by atoms with Crippen molar-refractivity contribution in [3.8, 4) is 5.75 Å². The Balaban J connectivity index is 1.98. The number of Topliss-reactive ketones (excluding diaryl/α,β-unsaturated/α-hetero) is 1. The summed E-state index contributed by atoms with van der Waals surface area (Å²) in [5.41, 5.74) is 10.2. The summed E-state index contributed by atoms with van der Waals surface area (Å²) in [6.07, 6.45) is -0.513. The molecule has 1 amide bonds. The van der Waals surface area contributed by atoms with Gasteiger partial charge < -0.3 is 20.7 Å². The number of nitrogens with one attached hydrogen (secondary N) is 1. The summed E-state index contributed by atoms with van der Waals surface area (Å²) in [5.74, 6) is 0.0351. The maximum Gasteiger partial charge on any atom is 0.405 e. The maximum absolute atomic E-state index is 11.7. The smallest absolute Gasteiger partial charge is 0.405 e. The summed E-state index contributed by atoms with van der Waals surface area (Å²) < 4.78 is 5.67. The molecule has 0 aliphatic carbocycles. The van der Waals surface area contributed by atoms with E-state index in [1.165, 1.54) is 0 Å². The molecule has 0 saturated heterocycles. The lowest BCUT2D eigenvalue weighted by Gasteiger charge is -2.13. The van der Waals surface area contributed by atoms with E-state index < -0.39 is 17.9 Å². The first-order valence-electron chi connectivity index (χ1n) is 7.55. The first-order valence-corrected chi connectivity index (χ1v) is 7.55. The minimum absolute atomic E-state index is 0.135. The molecule has 1 atom stereocenters.